The van der Waals surface area contributed by atoms with Gasteiger partial charge in [0.2, 0.25) is 0 Å². The molecule has 1 heterocycles. The van der Waals surface area contributed by atoms with Gasteiger partial charge >= 0.3 is 0 Å². The summed E-state index contributed by atoms with van der Waals surface area (Å²) >= 11 is 0. The van der Waals surface area contributed by atoms with E-state index in [1.165, 1.54) is 38.9 Å². The fourth-order valence-corrected chi connectivity index (χ4v) is 2.32. The maximum atomic E-state index is 3.56. The fraction of sp³-hybridized carbons (Fsp3) is 1.00. The molecule has 16 heavy (non-hydrogen) atoms. The topological polar surface area (TPSA) is 15.3 Å². The molecule has 2 heteroatoms. The van der Waals surface area contributed by atoms with Crippen LogP contribution in [0.15, 0.2) is 0 Å². The highest BCUT2D eigenvalue weighted by Crippen LogP contribution is 2.17. The molecule has 0 radical (unpaired) electrons. The van der Waals surface area contributed by atoms with Crippen molar-refractivity contribution < 1.29 is 0 Å². The average Bonchev–Trinajstić information content (AvgIpc) is 2.15. The summed E-state index contributed by atoms with van der Waals surface area (Å²) in [6.45, 7) is 15.5. The quantitative estimate of drug-likeness (QED) is 0.725. The van der Waals surface area contributed by atoms with E-state index in [2.05, 4.69) is 37.9 Å². The van der Waals surface area contributed by atoms with Crippen LogP contribution in [0.3, 0.4) is 0 Å². The average molecular weight is 226 g/mol. The van der Waals surface area contributed by atoms with Crippen molar-refractivity contribution in [1.29, 1.82) is 0 Å². The van der Waals surface area contributed by atoms with Gasteiger partial charge in [0, 0.05) is 19.6 Å². The minimum absolute atomic E-state index is 0.465. The summed E-state index contributed by atoms with van der Waals surface area (Å²) in [6.07, 6.45) is 4.08. The van der Waals surface area contributed by atoms with Gasteiger partial charge in [-0.15, -0.1) is 0 Å². The Labute approximate surface area is 102 Å². The Hall–Kier alpha value is -0.0800. The molecule has 1 saturated heterocycles. The first kappa shape index (κ1) is 14.0. The zero-order valence-electron chi connectivity index (χ0n) is 11.7. The molecular weight excluding hydrogens is 196 g/mol. The van der Waals surface area contributed by atoms with Gasteiger partial charge in [-0.1, -0.05) is 27.7 Å². The number of hydrogen-bond acceptors (Lipinski definition) is 2. The van der Waals surface area contributed by atoms with Crippen molar-refractivity contribution in [3.05, 3.63) is 0 Å². The molecule has 0 aromatic rings. The molecule has 0 spiro atoms. The van der Waals surface area contributed by atoms with E-state index in [1.54, 1.807) is 0 Å². The predicted octanol–water partition coefficient (Wildman–Crippen LogP) is 2.74. The van der Waals surface area contributed by atoms with Crippen LogP contribution in [-0.2, 0) is 0 Å². The van der Waals surface area contributed by atoms with Gasteiger partial charge in [-0.3, -0.25) is 0 Å². The van der Waals surface area contributed by atoms with Crippen molar-refractivity contribution in [3.63, 3.8) is 0 Å². The molecule has 0 amide bonds. The SMILES string of the molecule is CC1CCCN(CCNCCC(C)(C)C)C1. The maximum Gasteiger partial charge on any atom is 0.0107 e. The van der Waals surface area contributed by atoms with E-state index in [-0.39, 0.29) is 0 Å². The van der Waals surface area contributed by atoms with Crippen LogP contribution in [0, 0.1) is 11.3 Å². The zero-order chi connectivity index (χ0) is 12.0. The van der Waals surface area contributed by atoms with E-state index < -0.39 is 0 Å². The summed E-state index contributed by atoms with van der Waals surface area (Å²) in [7, 11) is 0. The second-order valence-corrected chi connectivity index (χ2v) is 6.61. The Balaban J connectivity index is 1.98. The van der Waals surface area contributed by atoms with Gasteiger partial charge in [0.25, 0.3) is 0 Å². The molecule has 1 N–H and O–H groups in total. The normalized spacial score (nSPS) is 23.6. The molecule has 1 aliphatic rings. The first-order valence-corrected chi connectivity index (χ1v) is 6.90. The largest absolute Gasteiger partial charge is 0.315 e. The molecule has 96 valence electrons. The van der Waals surface area contributed by atoms with Crippen LogP contribution < -0.4 is 5.32 Å². The molecule has 2 nitrogen and oxygen atoms in total. The first-order chi connectivity index (χ1) is 7.47. The molecule has 1 atom stereocenters. The number of likely N-dealkylation sites (tertiary alicyclic amines) is 1. The number of rotatable bonds is 5. The van der Waals surface area contributed by atoms with E-state index in [0.29, 0.717) is 5.41 Å². The molecule has 1 rings (SSSR count). The molecule has 1 aliphatic heterocycles. The van der Waals surface area contributed by atoms with Crippen LogP contribution in [0.25, 0.3) is 0 Å². The standard InChI is InChI=1S/C14H30N2/c1-13-6-5-10-16(12-13)11-9-15-8-7-14(2,3)4/h13,15H,5-12H2,1-4H3. The second kappa shape index (κ2) is 6.61. The molecule has 1 unspecified atom stereocenters. The lowest BCUT2D eigenvalue weighted by molar-refractivity contribution is 0.184. The lowest BCUT2D eigenvalue weighted by Gasteiger charge is -2.30. The summed E-state index contributed by atoms with van der Waals surface area (Å²) in [5.41, 5.74) is 0.465. The van der Waals surface area contributed by atoms with Crippen molar-refractivity contribution in [3.8, 4) is 0 Å². The van der Waals surface area contributed by atoms with Crippen molar-refractivity contribution in [1.82, 2.24) is 10.2 Å². The molecular formula is C14H30N2. The van der Waals surface area contributed by atoms with Crippen LogP contribution in [-0.4, -0.2) is 37.6 Å². The van der Waals surface area contributed by atoms with E-state index >= 15 is 0 Å². The molecule has 0 bridgehead atoms. The highest BCUT2D eigenvalue weighted by molar-refractivity contribution is 4.71. The van der Waals surface area contributed by atoms with Crippen LogP contribution in [0.5, 0.6) is 0 Å². The summed E-state index contributed by atoms with van der Waals surface area (Å²) in [6, 6.07) is 0. The molecule has 1 fully saturated rings. The molecule has 0 aromatic carbocycles. The Morgan fingerprint density at radius 2 is 2.00 bits per heavy atom. The number of hydrogen-bond donors (Lipinski definition) is 1. The maximum absolute atomic E-state index is 3.56. The smallest absolute Gasteiger partial charge is 0.0107 e. The van der Waals surface area contributed by atoms with Gasteiger partial charge < -0.3 is 10.2 Å². The van der Waals surface area contributed by atoms with Crippen molar-refractivity contribution in [2.24, 2.45) is 11.3 Å². The number of nitrogens with zero attached hydrogens (tertiary/aromatic N) is 1. The number of piperidine rings is 1. The van der Waals surface area contributed by atoms with Gasteiger partial charge in [0.1, 0.15) is 0 Å². The second-order valence-electron chi connectivity index (χ2n) is 6.61. The Morgan fingerprint density at radius 3 is 2.62 bits per heavy atom. The van der Waals surface area contributed by atoms with Crippen molar-refractivity contribution in [2.75, 3.05) is 32.7 Å². The van der Waals surface area contributed by atoms with Gasteiger partial charge in [0.15, 0.2) is 0 Å². The third-order valence-corrected chi connectivity index (χ3v) is 3.40. The molecule has 0 saturated carbocycles. The van der Waals surface area contributed by atoms with Crippen LogP contribution in [0.2, 0.25) is 0 Å². The van der Waals surface area contributed by atoms with Gasteiger partial charge in [-0.25, -0.2) is 0 Å². The van der Waals surface area contributed by atoms with E-state index in [4.69, 9.17) is 0 Å². The van der Waals surface area contributed by atoms with E-state index in [1.807, 2.05) is 0 Å². The Morgan fingerprint density at radius 1 is 1.25 bits per heavy atom. The lowest BCUT2D eigenvalue weighted by Crippen LogP contribution is -2.39. The van der Waals surface area contributed by atoms with E-state index in [0.717, 1.165) is 19.0 Å². The van der Waals surface area contributed by atoms with E-state index in [9.17, 15) is 0 Å². The molecule has 0 aromatic heterocycles. The summed E-state index contributed by atoms with van der Waals surface area (Å²) in [5.74, 6) is 0.906. The number of nitrogens with one attached hydrogen (secondary N) is 1. The van der Waals surface area contributed by atoms with Crippen molar-refractivity contribution in [2.45, 2.75) is 47.0 Å². The van der Waals surface area contributed by atoms with Gasteiger partial charge in [0.05, 0.1) is 0 Å². The first-order valence-electron chi connectivity index (χ1n) is 6.90. The highest BCUT2D eigenvalue weighted by Gasteiger charge is 2.15. The van der Waals surface area contributed by atoms with Crippen LogP contribution >= 0.6 is 0 Å². The van der Waals surface area contributed by atoms with Gasteiger partial charge in [-0.2, -0.15) is 0 Å². The summed E-state index contributed by atoms with van der Waals surface area (Å²) in [4.78, 5) is 2.61. The summed E-state index contributed by atoms with van der Waals surface area (Å²) in [5, 5.41) is 3.56. The van der Waals surface area contributed by atoms with Crippen LogP contribution in [0.1, 0.15) is 47.0 Å². The zero-order valence-corrected chi connectivity index (χ0v) is 11.7. The highest BCUT2D eigenvalue weighted by atomic mass is 15.1. The minimum Gasteiger partial charge on any atom is -0.315 e. The monoisotopic (exact) mass is 226 g/mol. The predicted molar refractivity (Wildman–Crippen MR) is 71.8 cm³/mol. The Kier molecular flexibility index (Phi) is 5.77. The van der Waals surface area contributed by atoms with Gasteiger partial charge in [-0.05, 0) is 43.7 Å². The van der Waals surface area contributed by atoms with Crippen LogP contribution in [0.4, 0.5) is 0 Å². The summed E-state index contributed by atoms with van der Waals surface area (Å²) < 4.78 is 0. The molecule has 0 aliphatic carbocycles. The minimum atomic E-state index is 0.465. The third-order valence-electron chi connectivity index (χ3n) is 3.40. The fourth-order valence-electron chi connectivity index (χ4n) is 2.32. The Bertz CT molecular complexity index is 184. The third kappa shape index (κ3) is 6.49. The lowest BCUT2D eigenvalue weighted by atomic mass is 9.92. The van der Waals surface area contributed by atoms with Crippen molar-refractivity contribution >= 4 is 0 Å².